The molecule has 2 atom stereocenters. The first kappa shape index (κ1) is 18.1. The average Bonchev–Trinajstić information content (AvgIpc) is 2.71. The van der Waals surface area contributed by atoms with Gasteiger partial charge >= 0.3 is 12.3 Å². The molecule has 124 valence electrons. The fraction of sp³-hybridized carbons (Fsp3) is 0.929. The standard InChI is InChI=1S/C14H25F3N2O2/c1-10(18-9-14(15,16)17)8-11-6-5-7-19(11)12(20)21-13(2,3)4/h10-11,18H,5-9H2,1-4H3. The Kier molecular flexibility index (Phi) is 5.90. The van der Waals surface area contributed by atoms with Gasteiger partial charge in [0.2, 0.25) is 0 Å². The molecule has 0 saturated carbocycles. The van der Waals surface area contributed by atoms with E-state index < -0.39 is 18.3 Å². The quantitative estimate of drug-likeness (QED) is 0.866. The summed E-state index contributed by atoms with van der Waals surface area (Å²) in [5.74, 6) is 0. The molecule has 0 spiro atoms. The van der Waals surface area contributed by atoms with E-state index >= 15 is 0 Å². The van der Waals surface area contributed by atoms with Crippen molar-refractivity contribution in [3.05, 3.63) is 0 Å². The minimum absolute atomic E-state index is 0.0596. The fourth-order valence-corrected chi connectivity index (χ4v) is 2.42. The largest absolute Gasteiger partial charge is 0.444 e. The van der Waals surface area contributed by atoms with Crippen molar-refractivity contribution in [2.45, 2.75) is 70.8 Å². The van der Waals surface area contributed by atoms with Crippen molar-refractivity contribution in [1.29, 1.82) is 0 Å². The van der Waals surface area contributed by atoms with E-state index in [9.17, 15) is 18.0 Å². The van der Waals surface area contributed by atoms with E-state index in [0.29, 0.717) is 13.0 Å². The molecule has 0 bridgehead atoms. The Balaban J connectivity index is 2.48. The van der Waals surface area contributed by atoms with Crippen LogP contribution in [0, 0.1) is 0 Å². The summed E-state index contributed by atoms with van der Waals surface area (Å²) in [6.45, 7) is 6.69. The lowest BCUT2D eigenvalue weighted by Crippen LogP contribution is -2.43. The van der Waals surface area contributed by atoms with Crippen molar-refractivity contribution in [2.75, 3.05) is 13.1 Å². The highest BCUT2D eigenvalue weighted by atomic mass is 19.4. The number of carbonyl (C=O) groups is 1. The second-order valence-corrected chi connectivity index (χ2v) is 6.60. The number of amides is 1. The maximum Gasteiger partial charge on any atom is 0.410 e. The number of alkyl halides is 3. The van der Waals surface area contributed by atoms with Crippen LogP contribution in [0.4, 0.5) is 18.0 Å². The number of hydrogen-bond donors (Lipinski definition) is 1. The average molecular weight is 310 g/mol. The topological polar surface area (TPSA) is 41.6 Å². The van der Waals surface area contributed by atoms with Crippen LogP contribution in [0.2, 0.25) is 0 Å². The Labute approximate surface area is 124 Å². The lowest BCUT2D eigenvalue weighted by molar-refractivity contribution is -0.126. The van der Waals surface area contributed by atoms with Crippen LogP contribution in [-0.4, -0.2) is 47.9 Å². The van der Waals surface area contributed by atoms with Crippen LogP contribution >= 0.6 is 0 Å². The number of likely N-dealkylation sites (tertiary alicyclic amines) is 1. The Morgan fingerprint density at radius 3 is 2.52 bits per heavy atom. The van der Waals surface area contributed by atoms with Gasteiger partial charge in [0.25, 0.3) is 0 Å². The molecule has 0 aliphatic carbocycles. The highest BCUT2D eigenvalue weighted by Gasteiger charge is 2.34. The summed E-state index contributed by atoms with van der Waals surface area (Å²) >= 11 is 0. The van der Waals surface area contributed by atoms with Gasteiger partial charge in [-0.05, 0) is 47.0 Å². The lowest BCUT2D eigenvalue weighted by Gasteiger charge is -2.30. The molecule has 21 heavy (non-hydrogen) atoms. The zero-order chi connectivity index (χ0) is 16.3. The molecule has 7 heteroatoms. The van der Waals surface area contributed by atoms with E-state index in [1.807, 2.05) is 0 Å². The predicted molar refractivity (Wildman–Crippen MR) is 74.1 cm³/mol. The minimum Gasteiger partial charge on any atom is -0.444 e. The smallest absolute Gasteiger partial charge is 0.410 e. The van der Waals surface area contributed by atoms with Gasteiger partial charge in [-0.25, -0.2) is 4.79 Å². The molecular weight excluding hydrogens is 285 g/mol. The van der Waals surface area contributed by atoms with Gasteiger partial charge in [0, 0.05) is 18.6 Å². The number of nitrogens with one attached hydrogen (secondary N) is 1. The molecule has 1 aliphatic heterocycles. The number of hydrogen-bond acceptors (Lipinski definition) is 3. The number of ether oxygens (including phenoxy) is 1. The van der Waals surface area contributed by atoms with E-state index in [1.165, 1.54) is 0 Å². The molecule has 1 aliphatic rings. The van der Waals surface area contributed by atoms with E-state index in [1.54, 1.807) is 32.6 Å². The first-order valence-electron chi connectivity index (χ1n) is 7.28. The third kappa shape index (κ3) is 7.02. The monoisotopic (exact) mass is 310 g/mol. The fourth-order valence-electron chi connectivity index (χ4n) is 2.42. The Morgan fingerprint density at radius 1 is 1.38 bits per heavy atom. The Hall–Kier alpha value is -0.980. The maximum absolute atomic E-state index is 12.2. The van der Waals surface area contributed by atoms with Crippen LogP contribution in [0.15, 0.2) is 0 Å². The van der Waals surface area contributed by atoms with Gasteiger partial charge in [-0.3, -0.25) is 0 Å². The predicted octanol–water partition coefficient (Wildman–Crippen LogP) is 3.32. The molecule has 0 aromatic carbocycles. The van der Waals surface area contributed by atoms with Gasteiger partial charge in [0.1, 0.15) is 5.60 Å². The van der Waals surface area contributed by atoms with Crippen LogP contribution in [-0.2, 0) is 4.74 Å². The van der Waals surface area contributed by atoms with Gasteiger partial charge in [-0.1, -0.05) is 0 Å². The van der Waals surface area contributed by atoms with Crippen LogP contribution in [0.1, 0.15) is 47.0 Å². The minimum atomic E-state index is -4.21. The summed E-state index contributed by atoms with van der Waals surface area (Å²) in [7, 11) is 0. The summed E-state index contributed by atoms with van der Waals surface area (Å²) in [5, 5.41) is 2.45. The van der Waals surface area contributed by atoms with Crippen LogP contribution in [0.3, 0.4) is 0 Å². The third-order valence-electron chi connectivity index (χ3n) is 3.28. The lowest BCUT2D eigenvalue weighted by atomic mass is 10.1. The second-order valence-electron chi connectivity index (χ2n) is 6.60. The van der Waals surface area contributed by atoms with E-state index in [2.05, 4.69) is 5.32 Å². The SMILES string of the molecule is CC(CC1CCCN1C(=O)OC(C)(C)C)NCC(F)(F)F. The Morgan fingerprint density at radius 2 is 2.00 bits per heavy atom. The highest BCUT2D eigenvalue weighted by molar-refractivity contribution is 5.68. The van der Waals surface area contributed by atoms with Crippen molar-refractivity contribution in [1.82, 2.24) is 10.2 Å². The molecule has 2 unspecified atom stereocenters. The van der Waals surface area contributed by atoms with Gasteiger partial charge in [0.05, 0.1) is 6.54 Å². The summed E-state index contributed by atoms with van der Waals surface area (Å²) in [4.78, 5) is 13.7. The first-order chi connectivity index (χ1) is 9.48. The van der Waals surface area contributed by atoms with E-state index in [4.69, 9.17) is 4.74 Å². The summed E-state index contributed by atoms with van der Waals surface area (Å²) in [6, 6.07) is -0.366. The summed E-state index contributed by atoms with van der Waals surface area (Å²) in [6.07, 6.45) is -2.44. The van der Waals surface area contributed by atoms with Crippen molar-refractivity contribution < 1.29 is 22.7 Å². The van der Waals surface area contributed by atoms with Crippen molar-refractivity contribution in [2.24, 2.45) is 0 Å². The van der Waals surface area contributed by atoms with Gasteiger partial charge in [-0.15, -0.1) is 0 Å². The normalized spacial score (nSPS) is 21.5. The molecule has 1 amide bonds. The number of carbonyl (C=O) groups excluding carboxylic acids is 1. The maximum atomic E-state index is 12.2. The molecule has 1 rings (SSSR count). The molecule has 0 aromatic heterocycles. The summed E-state index contributed by atoms with van der Waals surface area (Å²) < 4.78 is 41.9. The summed E-state index contributed by atoms with van der Waals surface area (Å²) in [5.41, 5.74) is -0.565. The van der Waals surface area contributed by atoms with Crippen molar-refractivity contribution in [3.63, 3.8) is 0 Å². The zero-order valence-corrected chi connectivity index (χ0v) is 13.1. The first-order valence-corrected chi connectivity index (χ1v) is 7.28. The molecule has 4 nitrogen and oxygen atoms in total. The van der Waals surface area contributed by atoms with Gasteiger partial charge < -0.3 is 15.0 Å². The molecule has 0 aromatic rings. The second kappa shape index (κ2) is 6.85. The third-order valence-corrected chi connectivity index (χ3v) is 3.28. The van der Waals surface area contributed by atoms with E-state index in [-0.39, 0.29) is 18.2 Å². The molecule has 1 heterocycles. The molecule has 1 fully saturated rings. The van der Waals surface area contributed by atoms with Crippen LogP contribution in [0.5, 0.6) is 0 Å². The molecule has 0 radical (unpaired) electrons. The number of nitrogens with zero attached hydrogens (tertiary/aromatic N) is 1. The van der Waals surface area contributed by atoms with Crippen LogP contribution < -0.4 is 5.32 Å². The van der Waals surface area contributed by atoms with Crippen molar-refractivity contribution in [3.8, 4) is 0 Å². The number of halogens is 3. The molecule has 1 N–H and O–H groups in total. The van der Waals surface area contributed by atoms with Crippen molar-refractivity contribution >= 4 is 6.09 Å². The highest BCUT2D eigenvalue weighted by Crippen LogP contribution is 2.24. The number of rotatable bonds is 4. The zero-order valence-electron chi connectivity index (χ0n) is 13.1. The van der Waals surface area contributed by atoms with Gasteiger partial charge in [-0.2, -0.15) is 13.2 Å². The Bertz CT molecular complexity index is 353. The van der Waals surface area contributed by atoms with E-state index in [0.717, 1.165) is 12.8 Å². The van der Waals surface area contributed by atoms with Gasteiger partial charge in [0.15, 0.2) is 0 Å². The molecule has 1 saturated heterocycles. The van der Waals surface area contributed by atoms with Crippen LogP contribution in [0.25, 0.3) is 0 Å². The molecular formula is C14H25F3N2O2.